The average Bonchev–Trinajstić information content (AvgIpc) is 1.78. The Bertz CT molecular complexity index is 3920. The normalized spacial score (nSPS) is 13.1. The topological polar surface area (TPSA) is 140 Å². The highest BCUT2D eigenvalue weighted by atomic mass is 32.2. The highest BCUT2D eigenvalue weighted by Gasteiger charge is 2.43. The molecule has 0 aromatic heterocycles. The number of ether oxygens (including phenoxy) is 1. The molecule has 4 amide bonds. The maximum atomic E-state index is 16.1. The van der Waals surface area contributed by atoms with Gasteiger partial charge in [-0.1, -0.05) is 322 Å². The molecule has 0 spiro atoms. The van der Waals surface area contributed by atoms with Crippen LogP contribution in [0.3, 0.4) is 0 Å². The summed E-state index contributed by atoms with van der Waals surface area (Å²) in [4.78, 5) is 61.1. The van der Waals surface area contributed by atoms with Crippen molar-refractivity contribution in [1.82, 2.24) is 16.0 Å². The smallest absolute Gasteiger partial charge is 0.407 e. The van der Waals surface area contributed by atoms with E-state index in [1.807, 2.05) is 188 Å². The number of carbonyl (C=O) groups excluding carboxylic acids is 4. The number of primary amides is 1. The van der Waals surface area contributed by atoms with Gasteiger partial charge in [-0.05, 0) is 72.3 Å². The molecule has 5 N–H and O–H groups in total. The molecule has 93 heavy (non-hydrogen) atoms. The van der Waals surface area contributed by atoms with E-state index in [2.05, 4.69) is 149 Å². The van der Waals surface area contributed by atoms with E-state index in [1.54, 1.807) is 0 Å². The van der Waals surface area contributed by atoms with E-state index in [-0.39, 0.29) is 29.8 Å². The lowest BCUT2D eigenvalue weighted by molar-refractivity contribution is -0.131. The summed E-state index contributed by atoms with van der Waals surface area (Å²) >= 11 is 4.47. The summed E-state index contributed by atoms with van der Waals surface area (Å²) in [7, 11) is 0. The molecular formula is C81H70N4O5S3. The highest BCUT2D eigenvalue weighted by Crippen LogP contribution is 2.52. The van der Waals surface area contributed by atoms with Crippen molar-refractivity contribution >= 4 is 59.1 Å². The molecule has 0 saturated carbocycles. The number of thioether (sulfide) groups is 3. The van der Waals surface area contributed by atoms with Gasteiger partial charge in [0, 0.05) is 23.2 Å². The van der Waals surface area contributed by atoms with Crippen LogP contribution in [0.2, 0.25) is 0 Å². The molecule has 0 fully saturated rings. The molecule has 12 rings (SSSR count). The maximum Gasteiger partial charge on any atom is 0.407 e. The fourth-order valence-electron chi connectivity index (χ4n) is 12.8. The first-order chi connectivity index (χ1) is 45.7. The molecule has 3 atom stereocenters. The van der Waals surface area contributed by atoms with Gasteiger partial charge in [-0.3, -0.25) is 14.4 Å². The van der Waals surface area contributed by atoms with E-state index in [9.17, 15) is 9.59 Å². The molecule has 11 aromatic carbocycles. The summed E-state index contributed by atoms with van der Waals surface area (Å²) < 4.78 is 3.53. The van der Waals surface area contributed by atoms with Gasteiger partial charge >= 0.3 is 6.09 Å². The van der Waals surface area contributed by atoms with Gasteiger partial charge in [-0.2, -0.15) is 0 Å². The van der Waals surface area contributed by atoms with E-state index in [0.717, 1.165) is 72.3 Å². The van der Waals surface area contributed by atoms with Crippen molar-refractivity contribution in [1.29, 1.82) is 0 Å². The molecule has 12 heteroatoms. The Labute approximate surface area is 557 Å². The highest BCUT2D eigenvalue weighted by molar-refractivity contribution is 8.01. The number of benzene rings is 11. The van der Waals surface area contributed by atoms with Crippen LogP contribution >= 0.6 is 35.3 Å². The van der Waals surface area contributed by atoms with Gasteiger partial charge in [-0.25, -0.2) is 4.79 Å². The largest absolute Gasteiger partial charge is 0.449 e. The Morgan fingerprint density at radius 1 is 0.323 bits per heavy atom. The summed E-state index contributed by atoms with van der Waals surface area (Å²) in [5, 5.41) is 9.34. The van der Waals surface area contributed by atoms with Crippen LogP contribution in [0.15, 0.2) is 322 Å². The number of carbonyl (C=O) groups is 4. The number of hydrogen-bond donors (Lipinski definition) is 4. The van der Waals surface area contributed by atoms with Crippen molar-refractivity contribution in [3.05, 3.63) is 383 Å². The number of amides is 4. The van der Waals surface area contributed by atoms with Crippen molar-refractivity contribution in [3.8, 4) is 11.1 Å². The number of nitrogens with two attached hydrogens (primary N) is 1. The van der Waals surface area contributed by atoms with Crippen LogP contribution in [0, 0.1) is 0 Å². The molecule has 0 bridgehead atoms. The Kier molecular flexibility index (Phi) is 20.2. The van der Waals surface area contributed by atoms with Gasteiger partial charge < -0.3 is 26.4 Å². The number of rotatable bonds is 26. The van der Waals surface area contributed by atoms with Crippen LogP contribution in [0.25, 0.3) is 11.1 Å². The first kappa shape index (κ1) is 63.3. The second-order valence-corrected chi connectivity index (χ2v) is 26.5. The average molecular weight is 1280 g/mol. The zero-order valence-corrected chi connectivity index (χ0v) is 53.5. The molecular weight excluding hydrogens is 1210 g/mol. The minimum Gasteiger partial charge on any atom is -0.449 e. The van der Waals surface area contributed by atoms with Crippen molar-refractivity contribution in [2.24, 2.45) is 5.73 Å². The molecule has 0 saturated heterocycles. The lowest BCUT2D eigenvalue weighted by atomic mass is 9.84. The monoisotopic (exact) mass is 1270 g/mol. The van der Waals surface area contributed by atoms with Crippen LogP contribution in [0.5, 0.6) is 0 Å². The third kappa shape index (κ3) is 13.6. The Morgan fingerprint density at radius 3 is 0.817 bits per heavy atom. The SMILES string of the molecule is NC(=O)[C@H](CSC(c1ccccc1)(c1ccccc1)c1ccccc1)NC(=O)[C@H](CSC(c1ccccc1)(c1ccccc1)c1ccccc1)NC(=O)[C@H](CSC(c1ccccc1)(c1ccccc1)c1ccccc1)NC(=O)OCC1c2ccccc2-c2ccccc21. The molecule has 0 radical (unpaired) electrons. The van der Waals surface area contributed by atoms with Crippen LogP contribution in [-0.4, -0.2) is 65.8 Å². The van der Waals surface area contributed by atoms with Crippen LogP contribution in [0.4, 0.5) is 4.79 Å². The zero-order chi connectivity index (χ0) is 63.9. The third-order valence-electron chi connectivity index (χ3n) is 17.3. The summed E-state index contributed by atoms with van der Waals surface area (Å²) in [6, 6.07) is 103. The molecule has 1 aliphatic rings. The van der Waals surface area contributed by atoms with Gasteiger partial charge in [0.2, 0.25) is 17.7 Å². The van der Waals surface area contributed by atoms with Crippen LogP contribution < -0.4 is 21.7 Å². The fourth-order valence-corrected chi connectivity index (χ4v) is 17.5. The second kappa shape index (κ2) is 29.6. The van der Waals surface area contributed by atoms with E-state index in [1.165, 1.54) is 35.3 Å². The van der Waals surface area contributed by atoms with Gasteiger partial charge in [0.1, 0.15) is 24.7 Å². The quantitative estimate of drug-likeness (QED) is 0.0393. The van der Waals surface area contributed by atoms with Gasteiger partial charge in [0.25, 0.3) is 0 Å². The summed E-state index contributed by atoms with van der Waals surface area (Å²) in [6.45, 7) is -0.00183. The van der Waals surface area contributed by atoms with E-state index >= 15 is 9.59 Å². The minimum atomic E-state index is -1.34. The maximum absolute atomic E-state index is 16.1. The van der Waals surface area contributed by atoms with Crippen molar-refractivity contribution in [2.45, 2.75) is 38.3 Å². The van der Waals surface area contributed by atoms with Gasteiger partial charge in [0.05, 0.1) is 14.2 Å². The lowest BCUT2D eigenvalue weighted by Gasteiger charge is -2.37. The molecule has 0 aliphatic heterocycles. The van der Waals surface area contributed by atoms with E-state index < -0.39 is 56.2 Å². The second-order valence-electron chi connectivity index (χ2n) is 22.8. The summed E-state index contributed by atoms with van der Waals surface area (Å²) in [5.41, 5.74) is 19.2. The Morgan fingerprint density at radius 2 is 0.548 bits per heavy atom. The Hall–Kier alpha value is -9.85. The van der Waals surface area contributed by atoms with Crippen molar-refractivity contribution in [3.63, 3.8) is 0 Å². The third-order valence-corrected chi connectivity index (χ3v) is 22.2. The molecule has 0 unspecified atom stereocenters. The Balaban J connectivity index is 0.934. The van der Waals surface area contributed by atoms with Crippen molar-refractivity contribution in [2.75, 3.05) is 23.9 Å². The number of hydrogen-bond acceptors (Lipinski definition) is 8. The van der Waals surface area contributed by atoms with E-state index in [4.69, 9.17) is 10.5 Å². The van der Waals surface area contributed by atoms with Gasteiger partial charge in [0.15, 0.2) is 0 Å². The predicted octanol–water partition coefficient (Wildman–Crippen LogP) is 15.5. The summed E-state index contributed by atoms with van der Waals surface area (Å²) in [6.07, 6.45) is -0.807. The van der Waals surface area contributed by atoms with Gasteiger partial charge in [-0.15, -0.1) is 35.3 Å². The fraction of sp³-hybridized carbons (Fsp3) is 0.136. The number of fused-ring (bicyclic) bond motifs is 3. The standard InChI is InChI=1S/C81H70N4O5S3/c82-75(86)72(55-91-79(58-32-10-1-11-33-58,59-34-12-2-13-35-59)60-36-14-3-15-37-60)83-76(87)73(56-92-80(61-38-16-4-17-39-61,62-40-18-5-19-41-62)63-42-20-6-21-43-63)84-77(88)74(85-78(89)90-54-71-69-52-30-28-50-67(69)68-51-29-31-53-70(68)71)57-93-81(64-44-22-7-23-45-64,65-46-24-8-25-47-65)66-48-26-9-27-49-66/h1-53,71-74H,54-57H2,(H2,82,86)(H,83,87)(H,84,88)(H,85,89)/t72-,73-,74-/m0/s1. The first-order valence-corrected chi connectivity index (χ1v) is 34.1. The van der Waals surface area contributed by atoms with Crippen LogP contribution in [-0.2, 0) is 33.4 Å². The summed E-state index contributed by atoms with van der Waals surface area (Å²) in [5.74, 6) is -2.29. The van der Waals surface area contributed by atoms with Crippen LogP contribution in [0.1, 0.15) is 67.1 Å². The molecule has 0 heterocycles. The number of nitrogens with one attached hydrogen (secondary N) is 3. The number of alkyl carbamates (subject to hydrolysis) is 1. The molecule has 9 nitrogen and oxygen atoms in total. The first-order valence-electron chi connectivity index (χ1n) is 31.1. The van der Waals surface area contributed by atoms with E-state index in [0.29, 0.717) is 0 Å². The lowest BCUT2D eigenvalue weighted by Crippen LogP contribution is -2.58. The molecule has 1 aliphatic carbocycles. The molecule has 11 aromatic rings. The molecule has 462 valence electrons. The minimum absolute atomic E-state index is 0.000726. The van der Waals surface area contributed by atoms with Crippen molar-refractivity contribution < 1.29 is 23.9 Å². The zero-order valence-electron chi connectivity index (χ0n) is 51.1. The predicted molar refractivity (Wildman–Crippen MR) is 380 cm³/mol.